The van der Waals surface area contributed by atoms with Crippen LogP contribution in [0.3, 0.4) is 0 Å². The number of fused-ring (bicyclic) bond motifs is 24. The van der Waals surface area contributed by atoms with E-state index in [9.17, 15) is 0 Å². The fourth-order valence-corrected chi connectivity index (χ4v) is 13.7. The summed E-state index contributed by atoms with van der Waals surface area (Å²) in [5.74, 6) is 0. The summed E-state index contributed by atoms with van der Waals surface area (Å²) in [5.41, 5.74) is 22.3. The lowest BCUT2D eigenvalue weighted by Crippen LogP contribution is -2.26. The molecule has 3 nitrogen and oxygen atoms in total. The van der Waals surface area contributed by atoms with Crippen LogP contribution in [0.4, 0.5) is 0 Å². The second kappa shape index (κ2) is 12.2. The lowest BCUT2D eigenvalue weighted by atomic mass is 9.70. The van der Waals surface area contributed by atoms with Crippen molar-refractivity contribution >= 4 is 38.1 Å². The highest BCUT2D eigenvalue weighted by molar-refractivity contribution is 6.11. The number of hydrogen-bond donors (Lipinski definition) is 0. The summed E-state index contributed by atoms with van der Waals surface area (Å²) in [4.78, 5) is 30.7. The molecule has 16 rings (SSSR count). The summed E-state index contributed by atoms with van der Waals surface area (Å²) in [6.45, 7) is 0. The summed E-state index contributed by atoms with van der Waals surface area (Å²) in [6.07, 6.45) is 0. The first-order valence-electron chi connectivity index (χ1n) is 23.2. The maximum Gasteiger partial charge on any atom is 0.197 e. The van der Waals surface area contributed by atoms with Crippen molar-refractivity contribution in [3.05, 3.63) is 277 Å². The van der Waals surface area contributed by atoms with Crippen LogP contribution in [0, 0.1) is 0 Å². The largest absolute Gasteiger partial charge is 0.307 e. The van der Waals surface area contributed by atoms with Gasteiger partial charge in [0.05, 0.1) is 27.4 Å². The molecule has 0 unspecified atom stereocenters. The SMILES string of the molecule is O=c1c2ccccc2n2c3cc4c(cc3c(=O)c3cc(-c5ccc6c(c5)C5(c7ccccc7-c7ccccc75)c5ccccc5-6)cc1c32)-c1ccccc1C41c2ccccc2-c2ccccc21. The number of para-hydroxylation sites is 1. The van der Waals surface area contributed by atoms with Crippen molar-refractivity contribution in [1.29, 1.82) is 0 Å². The molecule has 2 heterocycles. The Morgan fingerprint density at radius 1 is 0.269 bits per heavy atom. The molecule has 0 amide bonds. The number of hydrogen-bond acceptors (Lipinski definition) is 2. The van der Waals surface area contributed by atoms with Gasteiger partial charge in [0.15, 0.2) is 10.9 Å². The third kappa shape index (κ3) is 4.01. The summed E-state index contributed by atoms with van der Waals surface area (Å²) in [6, 6.07) is 76.0. The molecule has 0 fully saturated rings. The van der Waals surface area contributed by atoms with E-state index in [4.69, 9.17) is 0 Å². The van der Waals surface area contributed by atoms with Crippen LogP contribution in [-0.4, -0.2) is 4.40 Å². The van der Waals surface area contributed by atoms with E-state index in [0.29, 0.717) is 27.1 Å². The normalized spacial score (nSPS) is 14.6. The Hall–Kier alpha value is -8.66. The molecule has 0 atom stereocenters. The molecular formula is C64H35NO2. The average molecular weight is 850 g/mol. The molecule has 12 aromatic rings. The van der Waals surface area contributed by atoms with Crippen molar-refractivity contribution in [2.45, 2.75) is 10.8 Å². The second-order valence-electron chi connectivity index (χ2n) is 18.9. The molecule has 0 N–H and O–H groups in total. The number of nitrogens with zero attached hydrogens (tertiary/aromatic N) is 1. The van der Waals surface area contributed by atoms with E-state index >= 15 is 9.59 Å². The van der Waals surface area contributed by atoms with E-state index < -0.39 is 10.8 Å². The van der Waals surface area contributed by atoms with Crippen molar-refractivity contribution in [2.24, 2.45) is 0 Å². The van der Waals surface area contributed by atoms with Gasteiger partial charge in [-0.15, -0.1) is 0 Å². The van der Waals surface area contributed by atoms with Gasteiger partial charge in [0, 0.05) is 21.5 Å². The standard InChI is InChI=1S/C64H35NO2/c66-61-45-21-7-14-28-58(45)65-59-35-57-46(43-20-6-13-27-55(43)64(57)52-24-10-3-17-40(52)41-18-4-11-25-53(41)64)34-47(59)62(67)49-32-37(31-48(61)60(49)65)36-29-30-44-42-19-5-12-26-54(42)63(56(44)33-36)50-22-8-1-15-38(50)39-16-2-9-23-51(39)63/h1-35H. The maximum absolute atomic E-state index is 15.6. The third-order valence-corrected chi connectivity index (χ3v) is 16.1. The first-order chi connectivity index (χ1) is 33.1. The van der Waals surface area contributed by atoms with Crippen molar-refractivity contribution in [1.82, 2.24) is 4.40 Å². The predicted octanol–water partition coefficient (Wildman–Crippen LogP) is 13.9. The highest BCUT2D eigenvalue weighted by atomic mass is 16.1. The molecular weight excluding hydrogens is 815 g/mol. The molecule has 0 saturated heterocycles. The van der Waals surface area contributed by atoms with Crippen LogP contribution in [-0.2, 0) is 10.8 Å². The van der Waals surface area contributed by atoms with Crippen LogP contribution >= 0.6 is 0 Å². The van der Waals surface area contributed by atoms with Crippen LogP contribution < -0.4 is 10.9 Å². The predicted molar refractivity (Wildman–Crippen MR) is 272 cm³/mol. The molecule has 0 radical (unpaired) electrons. The van der Waals surface area contributed by atoms with Crippen molar-refractivity contribution in [3.8, 4) is 55.6 Å². The van der Waals surface area contributed by atoms with Crippen molar-refractivity contribution in [3.63, 3.8) is 0 Å². The Morgan fingerprint density at radius 3 is 1.15 bits per heavy atom. The average Bonchev–Trinajstić information content (AvgIpc) is 4.06. The molecule has 4 aliphatic rings. The van der Waals surface area contributed by atoms with Gasteiger partial charge in [-0.25, -0.2) is 0 Å². The van der Waals surface area contributed by atoms with Gasteiger partial charge >= 0.3 is 0 Å². The van der Waals surface area contributed by atoms with Gasteiger partial charge < -0.3 is 4.40 Å². The fourth-order valence-electron chi connectivity index (χ4n) is 13.7. The van der Waals surface area contributed by atoms with Gasteiger partial charge in [-0.3, -0.25) is 9.59 Å². The number of benzene rings is 10. The molecule has 2 aromatic heterocycles. The van der Waals surface area contributed by atoms with Gasteiger partial charge in [0.2, 0.25) is 0 Å². The lowest BCUT2D eigenvalue weighted by Gasteiger charge is -2.30. The van der Waals surface area contributed by atoms with Gasteiger partial charge in [0.1, 0.15) is 0 Å². The Balaban J connectivity index is 1.01. The van der Waals surface area contributed by atoms with E-state index in [1.807, 2.05) is 30.3 Å². The molecule has 10 aromatic carbocycles. The maximum atomic E-state index is 15.6. The third-order valence-electron chi connectivity index (χ3n) is 16.1. The zero-order chi connectivity index (χ0) is 43.9. The Bertz CT molecular complexity index is 4290. The zero-order valence-corrected chi connectivity index (χ0v) is 36.0. The van der Waals surface area contributed by atoms with E-state index in [2.05, 4.69) is 186 Å². The van der Waals surface area contributed by atoms with Gasteiger partial charge in [-0.2, -0.15) is 0 Å². The molecule has 0 bridgehead atoms. The smallest absolute Gasteiger partial charge is 0.197 e. The minimum atomic E-state index is -0.583. The minimum Gasteiger partial charge on any atom is -0.307 e. The van der Waals surface area contributed by atoms with Crippen molar-refractivity contribution in [2.75, 3.05) is 0 Å². The van der Waals surface area contributed by atoms with Crippen LogP contribution in [0.1, 0.15) is 44.5 Å². The fraction of sp³-hybridized carbons (Fsp3) is 0.0312. The quantitative estimate of drug-likeness (QED) is 0.122. The van der Waals surface area contributed by atoms with Crippen LogP contribution in [0.5, 0.6) is 0 Å². The monoisotopic (exact) mass is 849 g/mol. The number of pyridine rings is 2. The topological polar surface area (TPSA) is 38.5 Å². The van der Waals surface area contributed by atoms with Crippen molar-refractivity contribution < 1.29 is 0 Å². The molecule has 2 spiro atoms. The van der Waals surface area contributed by atoms with Gasteiger partial charge in [-0.05, 0) is 143 Å². The molecule has 0 aliphatic heterocycles. The number of aromatic nitrogens is 1. The highest BCUT2D eigenvalue weighted by Gasteiger charge is 2.53. The van der Waals surface area contributed by atoms with Crippen LogP contribution in [0.15, 0.2) is 222 Å². The summed E-state index contributed by atoms with van der Waals surface area (Å²) in [5, 5.41) is 2.33. The molecule has 3 heteroatoms. The van der Waals surface area contributed by atoms with E-state index in [-0.39, 0.29) is 10.9 Å². The molecule has 308 valence electrons. The van der Waals surface area contributed by atoms with Gasteiger partial charge in [-0.1, -0.05) is 170 Å². The van der Waals surface area contributed by atoms with Gasteiger partial charge in [0.25, 0.3) is 0 Å². The first-order valence-corrected chi connectivity index (χ1v) is 23.2. The van der Waals surface area contributed by atoms with E-state index in [0.717, 1.165) is 38.9 Å². The summed E-state index contributed by atoms with van der Waals surface area (Å²) in [7, 11) is 0. The molecule has 4 aliphatic carbocycles. The number of rotatable bonds is 1. The van der Waals surface area contributed by atoms with Crippen LogP contribution in [0.2, 0.25) is 0 Å². The first kappa shape index (κ1) is 35.7. The Kier molecular flexibility index (Phi) is 6.47. The zero-order valence-electron chi connectivity index (χ0n) is 36.0. The summed E-state index contributed by atoms with van der Waals surface area (Å²) >= 11 is 0. The van der Waals surface area contributed by atoms with E-state index in [1.54, 1.807) is 0 Å². The molecule has 67 heavy (non-hydrogen) atoms. The highest BCUT2D eigenvalue weighted by Crippen LogP contribution is 2.65. The lowest BCUT2D eigenvalue weighted by molar-refractivity contribution is 0.794. The molecule has 0 saturated carbocycles. The minimum absolute atomic E-state index is 0.0753. The Morgan fingerprint density at radius 2 is 0.657 bits per heavy atom. The Labute approximate surface area is 384 Å². The van der Waals surface area contributed by atoms with E-state index in [1.165, 1.54) is 72.3 Å². The second-order valence-corrected chi connectivity index (χ2v) is 18.9. The summed E-state index contributed by atoms with van der Waals surface area (Å²) < 4.78 is 2.21. The van der Waals surface area contributed by atoms with Crippen LogP contribution in [0.25, 0.3) is 93.7 Å².